The Balaban J connectivity index is 1.30. The fraction of sp³-hybridized carbons (Fsp3) is 0.308. The van der Waals surface area contributed by atoms with Crippen LogP contribution < -0.4 is 10.2 Å². The van der Waals surface area contributed by atoms with E-state index in [-0.39, 0.29) is 54.1 Å². The zero-order valence-electron chi connectivity index (χ0n) is 31.4. The van der Waals surface area contributed by atoms with Crippen LogP contribution in [0.2, 0.25) is 0 Å². The van der Waals surface area contributed by atoms with E-state index in [1.807, 2.05) is 5.38 Å². The number of hydrogen-bond donors (Lipinski definition) is 3. The number of halogens is 5. The number of thiophene rings is 1. The first-order valence-electron chi connectivity index (χ1n) is 18.0. The molecule has 0 radical (unpaired) electrons. The Bertz CT molecular complexity index is 2390. The molecule has 59 heavy (non-hydrogen) atoms. The number of aromatic nitrogens is 1. The zero-order chi connectivity index (χ0) is 42.9. The Morgan fingerprint density at radius 1 is 0.966 bits per heavy atom. The molecule has 4 amide bonds. The largest absolute Gasteiger partial charge is 0.416 e. The minimum absolute atomic E-state index is 0.0234. The predicted molar refractivity (Wildman–Crippen MR) is 212 cm³/mol. The summed E-state index contributed by atoms with van der Waals surface area (Å²) in [6.45, 7) is 0.0754. The molecule has 0 spiro atoms. The van der Waals surface area contributed by atoms with E-state index in [0.29, 0.717) is 16.8 Å². The highest BCUT2D eigenvalue weighted by Crippen LogP contribution is 2.59. The van der Waals surface area contributed by atoms with Gasteiger partial charge in [0.15, 0.2) is 0 Å². The lowest BCUT2D eigenvalue weighted by Crippen LogP contribution is -2.55. The number of carbonyl (C=O) groups is 4. The van der Waals surface area contributed by atoms with Crippen molar-refractivity contribution in [1.29, 1.82) is 0 Å². The van der Waals surface area contributed by atoms with E-state index >= 15 is 0 Å². The van der Waals surface area contributed by atoms with Gasteiger partial charge in [-0.1, -0.05) is 18.2 Å². The quantitative estimate of drug-likeness (QED) is 0.0834. The molecule has 1 saturated heterocycles. The third-order valence-electron chi connectivity index (χ3n) is 9.77. The number of hydrogen-bond acceptors (Lipinski definition) is 8. The van der Waals surface area contributed by atoms with Gasteiger partial charge < -0.3 is 29.8 Å². The van der Waals surface area contributed by atoms with Crippen molar-refractivity contribution < 1.29 is 55.5 Å². The van der Waals surface area contributed by atoms with Crippen molar-refractivity contribution in [2.24, 2.45) is 0 Å². The summed E-state index contributed by atoms with van der Waals surface area (Å²) in [6.07, 6.45) is -2.66. The number of nitrogens with one attached hydrogen (secondary N) is 1. The van der Waals surface area contributed by atoms with E-state index in [1.54, 1.807) is 44.6 Å². The number of nitrogens with zero attached hydrogens (tertiary/aromatic N) is 4. The highest BCUT2D eigenvalue weighted by atomic mass is 32.1. The molecular formula is C39H37F5N5O7PS2. The molecule has 0 aliphatic carbocycles. The molecule has 2 atom stereocenters. The third kappa shape index (κ3) is 9.71. The monoisotopic (exact) mass is 877 g/mol. The summed E-state index contributed by atoms with van der Waals surface area (Å²) in [7, 11) is -2.72. The number of likely N-dealkylation sites (tertiary alicyclic amines) is 1. The number of rotatable bonds is 13. The van der Waals surface area contributed by atoms with Gasteiger partial charge in [-0.25, -0.2) is 4.98 Å². The van der Waals surface area contributed by atoms with Gasteiger partial charge in [0.1, 0.15) is 17.1 Å². The van der Waals surface area contributed by atoms with Crippen LogP contribution in [0.4, 0.5) is 27.6 Å². The zero-order valence-corrected chi connectivity index (χ0v) is 33.9. The number of benzene rings is 3. The van der Waals surface area contributed by atoms with Crippen molar-refractivity contribution >= 4 is 69.7 Å². The Morgan fingerprint density at radius 3 is 2.25 bits per heavy atom. The van der Waals surface area contributed by atoms with Gasteiger partial charge >= 0.3 is 19.4 Å². The van der Waals surface area contributed by atoms with Gasteiger partial charge in [-0.2, -0.15) is 22.0 Å². The van der Waals surface area contributed by atoms with Crippen molar-refractivity contribution in [2.75, 3.05) is 32.1 Å². The highest BCUT2D eigenvalue weighted by Gasteiger charge is 2.50. The van der Waals surface area contributed by atoms with Crippen LogP contribution in [0.25, 0.3) is 20.7 Å². The molecule has 0 saturated carbocycles. The molecule has 12 nitrogen and oxygen atoms in total. The molecule has 312 valence electrons. The fourth-order valence-electron chi connectivity index (χ4n) is 6.62. The SMILES string of the molecule is CN(C)C(=O)CCN(C(=O)[C@@H]1CCCN1C(=O)C(Cc1ccc(C(F)(F)F)cc1)NC(=O)c1cc2cc(C(F)(F)P(=O)(O)O)ccc2s1)c1ccc(-c2nccs2)cc1. The molecule has 1 aliphatic heterocycles. The number of alkyl halides is 5. The van der Waals surface area contributed by atoms with Crippen LogP contribution in [0.3, 0.4) is 0 Å². The first-order chi connectivity index (χ1) is 27.7. The summed E-state index contributed by atoms with van der Waals surface area (Å²) in [5.74, 6) is -2.28. The second-order valence-corrected chi connectivity index (χ2v) is 17.6. The van der Waals surface area contributed by atoms with Crippen molar-refractivity contribution in [1.82, 2.24) is 20.1 Å². The number of amides is 4. The topological polar surface area (TPSA) is 160 Å². The molecule has 2 aromatic heterocycles. The second-order valence-electron chi connectivity index (χ2n) is 14.0. The normalized spacial score (nSPS) is 15.3. The summed E-state index contributed by atoms with van der Waals surface area (Å²) >= 11 is 2.28. The molecule has 0 bridgehead atoms. The lowest BCUT2D eigenvalue weighted by atomic mass is 10.0. The van der Waals surface area contributed by atoms with E-state index in [4.69, 9.17) is 0 Å². The first-order valence-corrected chi connectivity index (χ1v) is 21.3. The Labute approximate surface area is 342 Å². The maximum atomic E-state index is 14.5. The molecular weight excluding hydrogens is 841 g/mol. The molecule has 3 N–H and O–H groups in total. The van der Waals surface area contributed by atoms with Crippen LogP contribution >= 0.6 is 30.3 Å². The number of carbonyl (C=O) groups excluding carboxylic acids is 4. The Morgan fingerprint density at radius 2 is 1.64 bits per heavy atom. The van der Waals surface area contributed by atoms with Crippen molar-refractivity contribution in [2.45, 2.75) is 49.6 Å². The van der Waals surface area contributed by atoms with E-state index < -0.39 is 60.4 Å². The van der Waals surface area contributed by atoms with Crippen LogP contribution in [0.1, 0.15) is 45.6 Å². The van der Waals surface area contributed by atoms with E-state index in [0.717, 1.165) is 46.2 Å². The highest BCUT2D eigenvalue weighted by molar-refractivity contribution is 7.52. The smallest absolute Gasteiger partial charge is 0.349 e. The summed E-state index contributed by atoms with van der Waals surface area (Å²) in [5.41, 5.74) is -4.89. The van der Waals surface area contributed by atoms with Gasteiger partial charge in [-0.05, 0) is 78.4 Å². The minimum Gasteiger partial charge on any atom is -0.349 e. The number of anilines is 1. The molecule has 20 heteroatoms. The number of fused-ring (bicyclic) bond motifs is 1. The fourth-order valence-corrected chi connectivity index (χ4v) is 8.69. The van der Waals surface area contributed by atoms with Crippen LogP contribution in [0.15, 0.2) is 84.4 Å². The molecule has 1 unspecified atom stereocenters. The molecule has 3 aromatic carbocycles. The van der Waals surface area contributed by atoms with E-state index in [9.17, 15) is 55.5 Å². The average molecular weight is 878 g/mol. The van der Waals surface area contributed by atoms with Crippen molar-refractivity contribution in [3.05, 3.63) is 106 Å². The molecule has 6 rings (SSSR count). The van der Waals surface area contributed by atoms with Gasteiger partial charge in [0, 0.05) is 73.1 Å². The maximum absolute atomic E-state index is 14.5. The van der Waals surface area contributed by atoms with Gasteiger partial charge in [-0.15, -0.1) is 22.7 Å². The average Bonchev–Trinajstić information content (AvgIpc) is 3.98. The second kappa shape index (κ2) is 17.3. The predicted octanol–water partition coefficient (Wildman–Crippen LogP) is 7.11. The molecule has 1 aliphatic rings. The van der Waals surface area contributed by atoms with Crippen LogP contribution in [0.5, 0.6) is 0 Å². The summed E-state index contributed by atoms with van der Waals surface area (Å²) in [6, 6.07) is 12.6. The third-order valence-corrected chi connectivity index (χ3v) is 12.7. The summed E-state index contributed by atoms with van der Waals surface area (Å²) in [4.78, 5) is 82.2. The van der Waals surface area contributed by atoms with Crippen molar-refractivity contribution in [3.63, 3.8) is 0 Å². The van der Waals surface area contributed by atoms with Gasteiger partial charge in [0.25, 0.3) is 5.91 Å². The maximum Gasteiger partial charge on any atom is 0.416 e. The molecule has 3 heterocycles. The van der Waals surface area contributed by atoms with Crippen LogP contribution in [-0.2, 0) is 37.2 Å². The Hall–Kier alpha value is -5.07. The van der Waals surface area contributed by atoms with Gasteiger partial charge in [0.05, 0.1) is 10.4 Å². The van der Waals surface area contributed by atoms with Gasteiger partial charge in [-0.3, -0.25) is 23.7 Å². The lowest BCUT2D eigenvalue weighted by molar-refractivity contribution is -0.139. The van der Waals surface area contributed by atoms with Crippen LogP contribution in [-0.4, -0.2) is 87.5 Å². The van der Waals surface area contributed by atoms with Crippen LogP contribution in [0, 0.1) is 0 Å². The first kappa shape index (κ1) is 43.5. The van der Waals surface area contributed by atoms with E-state index in [2.05, 4.69) is 10.3 Å². The standard InChI is InChI=1S/C39H37F5N5O7PS2/c1-47(2)33(50)15-18-48(28-12-7-24(8-13-28)35-45-16-19-58-35)37(53)30-4-3-17-49(30)36(52)29(20-23-5-9-26(10-6-23)38(40,41)42)46-34(51)32-22-25-21-27(11-14-31(25)59-32)39(43,44)57(54,55)56/h5-14,16,19,21-22,29-30H,3-4,15,17-18,20H2,1-2H3,(H,46,51)(H2,54,55,56)/t29?,30-/m0/s1. The summed E-state index contributed by atoms with van der Waals surface area (Å²) < 4.78 is 80.9. The Kier molecular flexibility index (Phi) is 12.7. The number of thiazole rings is 1. The minimum atomic E-state index is -5.89. The molecule has 5 aromatic rings. The van der Waals surface area contributed by atoms with E-state index in [1.165, 1.54) is 50.3 Å². The summed E-state index contributed by atoms with van der Waals surface area (Å²) in [5, 5.41) is 5.28. The lowest BCUT2D eigenvalue weighted by Gasteiger charge is -2.33. The van der Waals surface area contributed by atoms with Gasteiger partial charge in [0.2, 0.25) is 17.7 Å². The molecule has 1 fully saturated rings. The van der Waals surface area contributed by atoms with Crippen molar-refractivity contribution in [3.8, 4) is 10.6 Å².